The Morgan fingerprint density at radius 3 is 1.04 bits per heavy atom. The van der Waals surface area contributed by atoms with E-state index in [0.717, 1.165) is 0 Å². The van der Waals surface area contributed by atoms with Gasteiger partial charge in [-0.3, -0.25) is 19.2 Å². The summed E-state index contributed by atoms with van der Waals surface area (Å²) in [7, 11) is -7.29. The molecule has 14 nitrogen and oxygen atoms in total. The van der Waals surface area contributed by atoms with Crippen LogP contribution in [0.25, 0.3) is 0 Å². The monoisotopic (exact) mass is 1180 g/mol. The number of morpholine rings is 2. The van der Waals surface area contributed by atoms with Crippen LogP contribution in [-0.4, -0.2) is 106 Å². The van der Waals surface area contributed by atoms with E-state index in [0.29, 0.717) is 65.2 Å². The van der Waals surface area contributed by atoms with Crippen LogP contribution >= 0.6 is 69.6 Å². The normalized spacial score (nSPS) is 21.6. The topological polar surface area (TPSA) is 202 Å². The standard InChI is InChI=1S/2C26H30Cl3NO6S/c2*1-5-20(14-37(34,35)26(2,3)4)30-23(15-6-8-17(27)9-7-15)24(16-10-18(28)12-19(29)11-16)36-21(25(30)33)13-22(31)32/h2*6-12,20-21,23-24H,5,13-14H2,1-4H3,(H,31,32)/t20?,21-,23+,24+;20?,21-,23-,24-/m01/s1. The highest BCUT2D eigenvalue weighted by Crippen LogP contribution is 2.48. The first kappa shape index (κ1) is 61.2. The molecule has 2 amide bonds. The molecule has 2 fully saturated rings. The van der Waals surface area contributed by atoms with Crippen LogP contribution in [0.1, 0.15) is 128 Å². The highest BCUT2D eigenvalue weighted by atomic mass is 35.5. The van der Waals surface area contributed by atoms with Crippen LogP contribution in [0, 0.1) is 0 Å². The molecule has 8 atom stereocenters. The van der Waals surface area contributed by atoms with Crippen molar-refractivity contribution in [2.75, 3.05) is 11.5 Å². The molecule has 22 heteroatoms. The van der Waals surface area contributed by atoms with Gasteiger partial charge in [-0.05, 0) is 137 Å². The summed E-state index contributed by atoms with van der Waals surface area (Å²) in [6.07, 6.45) is -4.99. The Bertz CT molecular complexity index is 2680. The Labute approximate surface area is 463 Å². The van der Waals surface area contributed by atoms with Crippen LogP contribution in [0.15, 0.2) is 84.9 Å². The summed E-state index contributed by atoms with van der Waals surface area (Å²) < 4.78 is 63.2. The maximum atomic E-state index is 13.8. The number of hydrogen-bond acceptors (Lipinski definition) is 10. The number of rotatable bonds is 16. The van der Waals surface area contributed by atoms with Gasteiger partial charge in [-0.2, -0.15) is 0 Å². The molecule has 2 unspecified atom stereocenters. The molecule has 6 rings (SSSR count). The summed E-state index contributed by atoms with van der Waals surface area (Å²) in [6, 6.07) is 20.1. The Hall–Kier alpha value is -3.68. The molecule has 4 aromatic rings. The zero-order valence-corrected chi connectivity index (χ0v) is 48.1. The van der Waals surface area contributed by atoms with Crippen molar-refractivity contribution in [2.45, 2.75) is 139 Å². The minimum absolute atomic E-state index is 0.300. The molecule has 0 aliphatic carbocycles. The smallest absolute Gasteiger partial charge is 0.306 e. The lowest BCUT2D eigenvalue weighted by Crippen LogP contribution is -2.57. The first-order valence-electron chi connectivity index (χ1n) is 23.5. The maximum absolute atomic E-state index is 13.8. The van der Waals surface area contributed by atoms with Gasteiger partial charge in [0.15, 0.2) is 19.7 Å². The highest BCUT2D eigenvalue weighted by Gasteiger charge is 2.50. The number of aliphatic carboxylic acids is 2. The number of amides is 2. The Morgan fingerprint density at radius 2 is 0.797 bits per heavy atom. The van der Waals surface area contributed by atoms with E-state index in [4.69, 9.17) is 79.1 Å². The van der Waals surface area contributed by atoms with Crippen LogP contribution in [0.3, 0.4) is 0 Å². The maximum Gasteiger partial charge on any atom is 0.306 e. The van der Waals surface area contributed by atoms with Crippen molar-refractivity contribution in [1.82, 2.24) is 9.80 Å². The second-order valence-electron chi connectivity index (χ2n) is 20.1. The van der Waals surface area contributed by atoms with E-state index in [1.54, 1.807) is 140 Å². The number of carbonyl (C=O) groups is 4. The van der Waals surface area contributed by atoms with E-state index in [1.165, 1.54) is 9.80 Å². The van der Waals surface area contributed by atoms with E-state index >= 15 is 0 Å². The lowest BCUT2D eigenvalue weighted by atomic mass is 9.89. The van der Waals surface area contributed by atoms with E-state index in [2.05, 4.69) is 0 Å². The van der Waals surface area contributed by atoms with Crippen molar-refractivity contribution in [3.05, 3.63) is 137 Å². The van der Waals surface area contributed by atoms with Crippen LogP contribution in [0.5, 0.6) is 0 Å². The minimum Gasteiger partial charge on any atom is -0.481 e. The molecular formula is C52H60Cl6N2O12S2. The molecule has 0 spiro atoms. The number of benzene rings is 4. The average Bonchev–Trinajstić information content (AvgIpc) is 3.28. The van der Waals surface area contributed by atoms with Crippen molar-refractivity contribution >= 4 is 113 Å². The lowest BCUT2D eigenvalue weighted by Gasteiger charge is -2.48. The van der Waals surface area contributed by atoms with Crippen LogP contribution < -0.4 is 0 Å². The molecular weight excluding hydrogens is 1120 g/mol. The molecule has 0 bridgehead atoms. The molecule has 0 aromatic heterocycles. The molecule has 2 saturated heterocycles. The van der Waals surface area contributed by atoms with Gasteiger partial charge in [-0.25, -0.2) is 16.8 Å². The van der Waals surface area contributed by atoms with Gasteiger partial charge >= 0.3 is 11.9 Å². The highest BCUT2D eigenvalue weighted by molar-refractivity contribution is 7.93. The van der Waals surface area contributed by atoms with Crippen molar-refractivity contribution < 1.29 is 55.7 Å². The van der Waals surface area contributed by atoms with Gasteiger partial charge in [0.25, 0.3) is 11.8 Å². The van der Waals surface area contributed by atoms with Crippen LogP contribution in [-0.2, 0) is 48.3 Å². The predicted molar refractivity (Wildman–Crippen MR) is 290 cm³/mol. The van der Waals surface area contributed by atoms with Crippen molar-refractivity contribution in [2.24, 2.45) is 0 Å². The number of halogens is 6. The third-order valence-electron chi connectivity index (χ3n) is 12.8. The van der Waals surface area contributed by atoms with E-state index in [9.17, 15) is 46.2 Å². The number of carboxylic acids is 2. The number of ether oxygens (including phenoxy) is 2. The zero-order chi connectivity index (χ0) is 55.4. The summed E-state index contributed by atoms with van der Waals surface area (Å²) >= 11 is 37.4. The van der Waals surface area contributed by atoms with Crippen molar-refractivity contribution in [3.63, 3.8) is 0 Å². The summed E-state index contributed by atoms with van der Waals surface area (Å²) in [5.74, 6) is -4.23. The Morgan fingerprint density at radius 1 is 0.514 bits per heavy atom. The predicted octanol–water partition coefficient (Wildman–Crippen LogP) is 12.2. The van der Waals surface area contributed by atoms with Gasteiger partial charge in [-0.15, -0.1) is 0 Å². The molecule has 0 saturated carbocycles. The lowest BCUT2D eigenvalue weighted by molar-refractivity contribution is -0.182. The fourth-order valence-corrected chi connectivity index (χ4v) is 12.9. The fraction of sp³-hybridized carbons (Fsp3) is 0.462. The molecule has 2 aliphatic heterocycles. The largest absolute Gasteiger partial charge is 0.481 e. The molecule has 74 heavy (non-hydrogen) atoms. The third kappa shape index (κ3) is 14.9. The molecule has 2 N–H and O–H groups in total. The van der Waals surface area contributed by atoms with Gasteiger partial charge in [0.05, 0.1) is 45.9 Å². The molecule has 2 heterocycles. The zero-order valence-electron chi connectivity index (χ0n) is 41.9. The molecule has 4 aromatic carbocycles. The number of nitrogens with zero attached hydrogens (tertiary/aromatic N) is 2. The Kier molecular flexibility index (Phi) is 20.5. The van der Waals surface area contributed by atoms with Gasteiger partial charge in [0, 0.05) is 42.2 Å². The van der Waals surface area contributed by atoms with E-state index in [-0.39, 0.29) is 11.5 Å². The second kappa shape index (κ2) is 24.8. The fourth-order valence-electron chi connectivity index (χ4n) is 8.71. The van der Waals surface area contributed by atoms with Gasteiger partial charge in [0.1, 0.15) is 24.4 Å². The summed E-state index contributed by atoms with van der Waals surface area (Å²) in [6.45, 7) is 13.2. The number of sulfone groups is 2. The van der Waals surface area contributed by atoms with Gasteiger partial charge in [-0.1, -0.05) is 108 Å². The number of hydrogen-bond donors (Lipinski definition) is 2. The van der Waals surface area contributed by atoms with Crippen molar-refractivity contribution in [3.8, 4) is 0 Å². The third-order valence-corrected chi connectivity index (χ3v) is 19.6. The molecule has 2 aliphatic rings. The van der Waals surface area contributed by atoms with Crippen LogP contribution in [0.2, 0.25) is 30.1 Å². The minimum atomic E-state index is -3.64. The molecule has 404 valence electrons. The summed E-state index contributed by atoms with van der Waals surface area (Å²) in [5.41, 5.74) is 2.33. The first-order valence-corrected chi connectivity index (χ1v) is 29.1. The van der Waals surface area contributed by atoms with E-state index < -0.39 is 114 Å². The van der Waals surface area contributed by atoms with Gasteiger partial charge in [0.2, 0.25) is 0 Å². The molecule has 0 radical (unpaired) electrons. The summed E-state index contributed by atoms with van der Waals surface area (Å²) in [4.78, 5) is 53.9. The summed E-state index contributed by atoms with van der Waals surface area (Å²) in [5, 5.41) is 21.3. The first-order chi connectivity index (χ1) is 34.3. The Balaban J connectivity index is 0.000000274. The number of carbonyl (C=O) groups excluding carboxylic acids is 2. The quantitative estimate of drug-likeness (QED) is 0.108. The average molecular weight is 1180 g/mol. The van der Waals surface area contributed by atoms with Crippen molar-refractivity contribution in [1.29, 1.82) is 0 Å². The second-order valence-corrected chi connectivity index (χ2v) is 28.3. The number of carboxylic acid groups (broad SMARTS) is 2. The van der Waals surface area contributed by atoms with E-state index in [1.807, 2.05) is 0 Å². The van der Waals surface area contributed by atoms with Crippen LogP contribution in [0.4, 0.5) is 0 Å². The SMILES string of the molecule is CCC(CS(=O)(=O)C(C)(C)C)N1C(=O)[C@@H](CC(=O)O)O[C@H](c2cc(Cl)cc(Cl)c2)[C@H]1c1ccc(Cl)cc1.CCC(CS(=O)(=O)C(C)(C)C)N1C(=O)[C@H](CC(=O)O)O[C@H](c2cc(Cl)cc(Cl)c2)[C@H]1c1ccc(Cl)cc1. The van der Waals surface area contributed by atoms with Gasteiger partial charge < -0.3 is 29.5 Å².